The number of hydrazone groups is 1. The molecule has 1 aliphatic rings. The molecule has 45 heavy (non-hydrogen) atoms. The minimum atomic E-state index is -0.774. The Hall–Kier alpha value is -4.01. The van der Waals surface area contributed by atoms with Gasteiger partial charge in [0.2, 0.25) is 0 Å². The normalized spacial score (nSPS) is 14.4. The van der Waals surface area contributed by atoms with Crippen LogP contribution in [0.25, 0.3) is 0 Å². The lowest BCUT2D eigenvalue weighted by Gasteiger charge is -2.28. The first-order chi connectivity index (χ1) is 21.6. The molecule has 0 saturated heterocycles. The van der Waals surface area contributed by atoms with Crippen molar-refractivity contribution < 1.29 is 33.3 Å². The lowest BCUT2D eigenvalue weighted by molar-refractivity contribution is -0.139. The van der Waals surface area contributed by atoms with Crippen LogP contribution in [0.1, 0.15) is 36.6 Å². The maximum Gasteiger partial charge on any atom is 0.338 e. The molecular formula is C31H29Cl2IN4O7. The summed E-state index contributed by atoms with van der Waals surface area (Å²) < 4.78 is 23.0. The molecule has 0 fully saturated rings. The predicted octanol–water partition coefficient (Wildman–Crippen LogP) is 5.91. The van der Waals surface area contributed by atoms with E-state index in [0.29, 0.717) is 32.8 Å². The Kier molecular flexibility index (Phi) is 11.9. The molecule has 4 rings (SSSR count). The number of carbonyl (C=O) groups is 3. The molecule has 0 aliphatic carbocycles. The molecule has 0 saturated carbocycles. The number of methoxy groups -OCH3 is 1. The highest BCUT2D eigenvalue weighted by Crippen LogP contribution is 2.34. The van der Waals surface area contributed by atoms with Gasteiger partial charge in [-0.2, -0.15) is 5.10 Å². The molecule has 14 heteroatoms. The number of urea groups is 1. The zero-order valence-corrected chi connectivity index (χ0v) is 28.1. The third-order valence-electron chi connectivity index (χ3n) is 6.40. The number of ether oxygens (including phenoxy) is 4. The fraction of sp³-hybridized carbons (Fsp3) is 0.226. The summed E-state index contributed by atoms with van der Waals surface area (Å²) in [5, 5.41) is 10.4. The average molecular weight is 767 g/mol. The van der Waals surface area contributed by atoms with Gasteiger partial charge < -0.3 is 29.6 Å². The summed E-state index contributed by atoms with van der Waals surface area (Å²) in [4.78, 5) is 37.2. The molecule has 1 atom stereocenters. The van der Waals surface area contributed by atoms with Gasteiger partial charge in [0.1, 0.15) is 12.4 Å². The summed E-state index contributed by atoms with van der Waals surface area (Å²) >= 11 is 14.3. The number of hydrogen-bond acceptors (Lipinski definition) is 8. The third-order valence-corrected chi connectivity index (χ3v) is 7.83. The lowest BCUT2D eigenvalue weighted by Crippen LogP contribution is -2.45. The Morgan fingerprint density at radius 3 is 2.53 bits per heavy atom. The van der Waals surface area contributed by atoms with Crippen molar-refractivity contribution in [2.24, 2.45) is 5.10 Å². The van der Waals surface area contributed by atoms with Gasteiger partial charge in [0.15, 0.2) is 18.1 Å². The molecule has 1 aliphatic heterocycles. The van der Waals surface area contributed by atoms with E-state index in [1.54, 1.807) is 56.3 Å². The van der Waals surface area contributed by atoms with E-state index < -0.39 is 23.9 Å². The van der Waals surface area contributed by atoms with Crippen molar-refractivity contribution in [3.8, 4) is 17.2 Å². The predicted molar refractivity (Wildman–Crippen MR) is 178 cm³/mol. The summed E-state index contributed by atoms with van der Waals surface area (Å²) in [6, 6.07) is 14.3. The SMILES string of the molecule is CCOC(=O)C1=C(C)NC(=O)N[C@H]1c1ccc(OCC(=O)N/N=C\c2ccc(OCc3ccc(Cl)cc3Cl)c(I)c2)c(OC)c1. The number of benzene rings is 3. The Bertz CT molecular complexity index is 1660. The van der Waals surface area contributed by atoms with Crippen LogP contribution in [-0.2, 0) is 20.9 Å². The summed E-state index contributed by atoms with van der Waals surface area (Å²) in [6.07, 6.45) is 1.50. The molecule has 3 aromatic carbocycles. The smallest absolute Gasteiger partial charge is 0.338 e. The van der Waals surface area contributed by atoms with Gasteiger partial charge in [0.05, 0.1) is 35.1 Å². The van der Waals surface area contributed by atoms with Crippen LogP contribution in [0.15, 0.2) is 71.0 Å². The quantitative estimate of drug-likeness (QED) is 0.0904. The van der Waals surface area contributed by atoms with Gasteiger partial charge in [0.25, 0.3) is 5.91 Å². The number of allylic oxidation sites excluding steroid dienone is 1. The Labute approximate surface area is 283 Å². The monoisotopic (exact) mass is 766 g/mol. The standard InChI is InChI=1S/C31H29Cl2IN4O7/c1-4-43-30(40)28-17(2)36-31(41)37-29(28)19-7-10-25(26(12-19)42-3)45-16-27(39)38-35-14-18-5-9-24(23(34)11-18)44-15-20-6-8-21(32)13-22(20)33/h5-14,29H,4,15-16H2,1-3H3,(H,38,39)(H2,36,37,41)/b35-14-/t29-/m0/s1. The first kappa shape index (κ1) is 33.9. The van der Waals surface area contributed by atoms with Crippen LogP contribution in [0.2, 0.25) is 10.0 Å². The van der Waals surface area contributed by atoms with E-state index in [0.717, 1.165) is 14.7 Å². The van der Waals surface area contributed by atoms with Crippen LogP contribution in [0.3, 0.4) is 0 Å². The molecule has 0 spiro atoms. The highest BCUT2D eigenvalue weighted by atomic mass is 127. The van der Waals surface area contributed by atoms with Crippen LogP contribution < -0.4 is 30.3 Å². The van der Waals surface area contributed by atoms with Crippen molar-refractivity contribution in [2.45, 2.75) is 26.5 Å². The molecule has 3 N–H and O–H groups in total. The van der Waals surface area contributed by atoms with Gasteiger partial charge in [-0.1, -0.05) is 35.3 Å². The molecule has 11 nitrogen and oxygen atoms in total. The van der Waals surface area contributed by atoms with E-state index in [1.165, 1.54) is 13.3 Å². The van der Waals surface area contributed by atoms with E-state index in [1.807, 2.05) is 12.1 Å². The maximum absolute atomic E-state index is 12.6. The fourth-order valence-corrected chi connectivity index (χ4v) is 5.43. The Morgan fingerprint density at radius 1 is 1.04 bits per heavy atom. The largest absolute Gasteiger partial charge is 0.493 e. The molecular weight excluding hydrogens is 738 g/mol. The Morgan fingerprint density at radius 2 is 1.82 bits per heavy atom. The summed E-state index contributed by atoms with van der Waals surface area (Å²) in [6.45, 7) is 3.44. The fourth-order valence-electron chi connectivity index (χ4n) is 4.27. The van der Waals surface area contributed by atoms with Crippen molar-refractivity contribution in [2.75, 3.05) is 20.3 Å². The van der Waals surface area contributed by atoms with Crippen LogP contribution >= 0.6 is 45.8 Å². The van der Waals surface area contributed by atoms with Crippen molar-refractivity contribution >= 4 is 69.9 Å². The topological polar surface area (TPSA) is 137 Å². The van der Waals surface area contributed by atoms with Crippen molar-refractivity contribution in [1.82, 2.24) is 16.1 Å². The number of hydrogen-bond donors (Lipinski definition) is 3. The van der Waals surface area contributed by atoms with Gasteiger partial charge in [-0.3, -0.25) is 4.79 Å². The summed E-state index contributed by atoms with van der Waals surface area (Å²) in [5.41, 5.74) is 5.20. The Balaban J connectivity index is 1.33. The highest BCUT2D eigenvalue weighted by molar-refractivity contribution is 14.1. The van der Waals surface area contributed by atoms with E-state index in [2.05, 4.69) is 43.8 Å². The first-order valence-electron chi connectivity index (χ1n) is 13.5. The van der Waals surface area contributed by atoms with E-state index >= 15 is 0 Å². The zero-order chi connectivity index (χ0) is 32.5. The van der Waals surface area contributed by atoms with Gasteiger partial charge in [-0.05, 0) is 90.0 Å². The van der Waals surface area contributed by atoms with Crippen LogP contribution in [0, 0.1) is 3.57 Å². The molecule has 0 bridgehead atoms. The van der Waals surface area contributed by atoms with Gasteiger partial charge >= 0.3 is 12.0 Å². The second-order valence-electron chi connectivity index (χ2n) is 9.50. The number of nitrogens with one attached hydrogen (secondary N) is 3. The number of rotatable bonds is 12. The number of esters is 1. The van der Waals surface area contributed by atoms with Gasteiger partial charge in [-0.15, -0.1) is 0 Å². The number of amides is 3. The third kappa shape index (κ3) is 9.02. The molecule has 0 aromatic heterocycles. The average Bonchev–Trinajstić information content (AvgIpc) is 3.00. The second kappa shape index (κ2) is 15.8. The van der Waals surface area contributed by atoms with Crippen LogP contribution in [-0.4, -0.2) is 44.4 Å². The van der Waals surface area contributed by atoms with Crippen molar-refractivity contribution in [1.29, 1.82) is 0 Å². The molecule has 236 valence electrons. The second-order valence-corrected chi connectivity index (χ2v) is 11.5. The van der Waals surface area contributed by atoms with E-state index in [4.69, 9.17) is 42.1 Å². The first-order valence-corrected chi connectivity index (χ1v) is 15.4. The van der Waals surface area contributed by atoms with E-state index in [-0.39, 0.29) is 31.1 Å². The summed E-state index contributed by atoms with van der Waals surface area (Å²) in [7, 11) is 1.44. The lowest BCUT2D eigenvalue weighted by atomic mass is 9.95. The number of halogens is 3. The molecule has 1 heterocycles. The highest BCUT2D eigenvalue weighted by Gasteiger charge is 2.32. The summed E-state index contributed by atoms with van der Waals surface area (Å²) in [5.74, 6) is 0.196. The molecule has 3 aromatic rings. The van der Waals surface area contributed by atoms with Gasteiger partial charge in [0, 0.05) is 21.3 Å². The zero-order valence-electron chi connectivity index (χ0n) is 24.4. The minimum absolute atomic E-state index is 0.181. The van der Waals surface area contributed by atoms with Crippen LogP contribution in [0.4, 0.5) is 4.79 Å². The molecule has 0 unspecified atom stereocenters. The minimum Gasteiger partial charge on any atom is -0.493 e. The molecule has 0 radical (unpaired) electrons. The van der Waals surface area contributed by atoms with Crippen LogP contribution in [0.5, 0.6) is 17.2 Å². The number of carbonyl (C=O) groups excluding carboxylic acids is 3. The van der Waals surface area contributed by atoms with Crippen molar-refractivity contribution in [3.63, 3.8) is 0 Å². The van der Waals surface area contributed by atoms with Crippen molar-refractivity contribution in [3.05, 3.63) is 96.2 Å². The molecule has 3 amide bonds. The maximum atomic E-state index is 12.6. The number of nitrogens with zero attached hydrogens (tertiary/aromatic N) is 1. The van der Waals surface area contributed by atoms with Gasteiger partial charge in [-0.25, -0.2) is 15.0 Å². The van der Waals surface area contributed by atoms with E-state index in [9.17, 15) is 14.4 Å².